The molecule has 0 spiro atoms. The van der Waals surface area contributed by atoms with Crippen LogP contribution in [0.4, 0.5) is 5.69 Å². The van der Waals surface area contributed by atoms with E-state index in [1.54, 1.807) is 23.3 Å². The number of thiophene rings is 1. The second kappa shape index (κ2) is 11.1. The number of carbonyl (C=O) groups is 1. The van der Waals surface area contributed by atoms with E-state index >= 15 is 0 Å². The highest BCUT2D eigenvalue weighted by molar-refractivity contribution is 14.0. The minimum atomic E-state index is 0. The van der Waals surface area contributed by atoms with Crippen molar-refractivity contribution < 1.29 is 9.53 Å². The number of nitrogens with zero attached hydrogens (tertiary/aromatic N) is 2. The Balaban J connectivity index is 0.00000261. The molecule has 1 aromatic carbocycles. The first-order valence-corrected chi connectivity index (χ1v) is 9.65. The first kappa shape index (κ1) is 21.5. The molecular formula is C19H25IN4O2S. The molecule has 27 heavy (non-hydrogen) atoms. The van der Waals surface area contributed by atoms with Crippen molar-refractivity contribution in [1.82, 2.24) is 10.6 Å². The number of aliphatic imine (C=N–C) groups is 1. The van der Waals surface area contributed by atoms with Crippen LogP contribution in [0.15, 0.2) is 46.8 Å². The summed E-state index contributed by atoms with van der Waals surface area (Å²) in [5, 5.41) is 8.71. The van der Waals surface area contributed by atoms with Crippen molar-refractivity contribution >= 4 is 52.9 Å². The molecule has 0 radical (unpaired) electrons. The van der Waals surface area contributed by atoms with Crippen LogP contribution in [-0.4, -0.2) is 45.2 Å². The summed E-state index contributed by atoms with van der Waals surface area (Å²) in [7, 11) is 1.77. The van der Waals surface area contributed by atoms with Gasteiger partial charge in [0.05, 0.1) is 5.69 Å². The van der Waals surface area contributed by atoms with Crippen LogP contribution < -0.4 is 20.3 Å². The van der Waals surface area contributed by atoms with Gasteiger partial charge in [0.25, 0.3) is 5.91 Å². The summed E-state index contributed by atoms with van der Waals surface area (Å²) >= 11 is 1.77. The molecule has 0 atom stereocenters. The third-order valence-corrected chi connectivity index (χ3v) is 5.06. The number of fused-ring (bicyclic) bond motifs is 1. The normalized spacial score (nSPS) is 13.4. The minimum absolute atomic E-state index is 0. The molecule has 0 unspecified atom stereocenters. The summed E-state index contributed by atoms with van der Waals surface area (Å²) < 4.78 is 5.47. The van der Waals surface area contributed by atoms with Crippen molar-refractivity contribution in [3.63, 3.8) is 0 Å². The third kappa shape index (κ3) is 6.10. The van der Waals surface area contributed by atoms with E-state index in [9.17, 15) is 4.79 Å². The monoisotopic (exact) mass is 500 g/mol. The van der Waals surface area contributed by atoms with Crippen LogP contribution in [-0.2, 0) is 11.2 Å². The number of hydrogen-bond donors (Lipinski definition) is 2. The van der Waals surface area contributed by atoms with E-state index in [2.05, 4.69) is 33.1 Å². The van der Waals surface area contributed by atoms with Gasteiger partial charge in [-0.05, 0) is 36.4 Å². The van der Waals surface area contributed by atoms with E-state index in [1.807, 2.05) is 24.3 Å². The number of benzene rings is 1. The fourth-order valence-corrected chi connectivity index (χ4v) is 3.53. The summed E-state index contributed by atoms with van der Waals surface area (Å²) in [6, 6.07) is 11.9. The molecule has 2 heterocycles. The SMILES string of the molecule is CN=C(NCCCN1C(=O)COc2ccccc21)NCCc1cccs1.I. The van der Waals surface area contributed by atoms with Gasteiger partial charge in [0, 0.05) is 31.6 Å². The molecule has 0 saturated heterocycles. The molecule has 1 aliphatic rings. The number of hydrogen-bond acceptors (Lipinski definition) is 4. The Bertz CT molecular complexity index is 752. The second-order valence-electron chi connectivity index (χ2n) is 5.91. The number of amides is 1. The lowest BCUT2D eigenvalue weighted by Gasteiger charge is -2.29. The molecule has 1 amide bonds. The fraction of sp³-hybridized carbons (Fsp3) is 0.368. The average Bonchev–Trinajstić information content (AvgIpc) is 3.18. The highest BCUT2D eigenvalue weighted by Gasteiger charge is 2.24. The first-order valence-electron chi connectivity index (χ1n) is 8.77. The van der Waals surface area contributed by atoms with Crippen LogP contribution in [0.25, 0.3) is 0 Å². The van der Waals surface area contributed by atoms with Gasteiger partial charge in [-0.25, -0.2) is 0 Å². The minimum Gasteiger partial charge on any atom is -0.482 e. The van der Waals surface area contributed by atoms with Gasteiger partial charge in [0.15, 0.2) is 12.6 Å². The zero-order valence-corrected chi connectivity index (χ0v) is 18.5. The van der Waals surface area contributed by atoms with Gasteiger partial charge in [-0.15, -0.1) is 35.3 Å². The van der Waals surface area contributed by atoms with Crippen LogP contribution in [0.1, 0.15) is 11.3 Å². The van der Waals surface area contributed by atoms with E-state index in [0.29, 0.717) is 6.54 Å². The van der Waals surface area contributed by atoms with Crippen molar-refractivity contribution in [2.75, 3.05) is 38.2 Å². The molecule has 2 aromatic rings. The van der Waals surface area contributed by atoms with Crippen LogP contribution >= 0.6 is 35.3 Å². The topological polar surface area (TPSA) is 66.0 Å². The zero-order valence-electron chi connectivity index (χ0n) is 15.3. The van der Waals surface area contributed by atoms with Gasteiger partial charge in [-0.1, -0.05) is 18.2 Å². The molecule has 0 saturated carbocycles. The smallest absolute Gasteiger partial charge is 0.265 e. The Kier molecular flexibility index (Phi) is 8.86. The Labute approximate surface area is 181 Å². The Morgan fingerprint density at radius 3 is 2.81 bits per heavy atom. The van der Waals surface area contributed by atoms with Crippen LogP contribution in [0.5, 0.6) is 5.75 Å². The molecule has 6 nitrogen and oxygen atoms in total. The van der Waals surface area contributed by atoms with Gasteiger partial charge in [0.1, 0.15) is 5.75 Å². The van der Waals surface area contributed by atoms with Gasteiger partial charge >= 0.3 is 0 Å². The predicted octanol–water partition coefficient (Wildman–Crippen LogP) is 2.89. The lowest BCUT2D eigenvalue weighted by Crippen LogP contribution is -2.42. The number of ether oxygens (including phenoxy) is 1. The molecule has 0 fully saturated rings. The molecule has 1 aliphatic heterocycles. The molecule has 3 rings (SSSR count). The van der Waals surface area contributed by atoms with Crippen LogP contribution in [0.3, 0.4) is 0 Å². The number of para-hydroxylation sites is 2. The Morgan fingerprint density at radius 1 is 1.22 bits per heavy atom. The second-order valence-corrected chi connectivity index (χ2v) is 6.94. The number of guanidine groups is 1. The van der Waals surface area contributed by atoms with Crippen molar-refractivity contribution in [1.29, 1.82) is 0 Å². The quantitative estimate of drug-likeness (QED) is 0.266. The zero-order chi connectivity index (χ0) is 18.2. The van der Waals surface area contributed by atoms with E-state index < -0.39 is 0 Å². The van der Waals surface area contributed by atoms with Crippen molar-refractivity contribution in [2.24, 2.45) is 4.99 Å². The van der Waals surface area contributed by atoms with Gasteiger partial charge in [-0.2, -0.15) is 0 Å². The van der Waals surface area contributed by atoms with E-state index in [0.717, 1.165) is 43.3 Å². The predicted molar refractivity (Wildman–Crippen MR) is 122 cm³/mol. The van der Waals surface area contributed by atoms with Crippen molar-refractivity contribution in [3.8, 4) is 5.75 Å². The van der Waals surface area contributed by atoms with E-state index in [1.165, 1.54) is 4.88 Å². The van der Waals surface area contributed by atoms with Crippen LogP contribution in [0.2, 0.25) is 0 Å². The molecule has 0 aliphatic carbocycles. The van der Waals surface area contributed by atoms with Crippen molar-refractivity contribution in [2.45, 2.75) is 12.8 Å². The lowest BCUT2D eigenvalue weighted by atomic mass is 10.2. The lowest BCUT2D eigenvalue weighted by molar-refractivity contribution is -0.121. The van der Waals surface area contributed by atoms with Gasteiger partial charge in [-0.3, -0.25) is 9.79 Å². The number of nitrogens with one attached hydrogen (secondary N) is 2. The summed E-state index contributed by atoms with van der Waals surface area (Å²) in [4.78, 5) is 19.5. The largest absolute Gasteiger partial charge is 0.482 e. The number of halogens is 1. The molecule has 2 N–H and O–H groups in total. The molecule has 146 valence electrons. The standard InChI is InChI=1S/C19H24N4O2S.HI/c1-20-19(22-11-9-15-6-4-13-26-15)21-10-5-12-23-16-7-2-3-8-17(16)25-14-18(23)24;/h2-4,6-8,13H,5,9-12,14H2,1H3,(H2,20,21,22);1H. The number of anilines is 1. The van der Waals surface area contributed by atoms with E-state index in [-0.39, 0.29) is 36.5 Å². The van der Waals surface area contributed by atoms with Gasteiger partial charge < -0.3 is 20.3 Å². The maximum atomic E-state index is 12.1. The summed E-state index contributed by atoms with van der Waals surface area (Å²) in [6.45, 7) is 2.34. The Morgan fingerprint density at radius 2 is 2.04 bits per heavy atom. The molecule has 0 bridgehead atoms. The van der Waals surface area contributed by atoms with Gasteiger partial charge in [0.2, 0.25) is 0 Å². The fourth-order valence-electron chi connectivity index (χ4n) is 2.82. The summed E-state index contributed by atoms with van der Waals surface area (Å²) in [5.74, 6) is 1.56. The maximum Gasteiger partial charge on any atom is 0.265 e. The number of rotatable bonds is 7. The Hall–Kier alpha value is -1.81. The van der Waals surface area contributed by atoms with E-state index in [4.69, 9.17) is 4.74 Å². The summed E-state index contributed by atoms with van der Waals surface area (Å²) in [6.07, 6.45) is 1.81. The molecule has 1 aromatic heterocycles. The highest BCUT2D eigenvalue weighted by Crippen LogP contribution is 2.31. The average molecular weight is 500 g/mol. The first-order chi connectivity index (χ1) is 12.8. The third-order valence-electron chi connectivity index (χ3n) is 4.13. The molecule has 8 heteroatoms. The van der Waals surface area contributed by atoms with Crippen molar-refractivity contribution in [3.05, 3.63) is 46.7 Å². The number of carbonyl (C=O) groups excluding carboxylic acids is 1. The maximum absolute atomic E-state index is 12.1. The van der Waals surface area contributed by atoms with Crippen LogP contribution in [0, 0.1) is 0 Å². The highest BCUT2D eigenvalue weighted by atomic mass is 127. The molecular weight excluding hydrogens is 475 g/mol. The summed E-state index contributed by atoms with van der Waals surface area (Å²) in [5.41, 5.74) is 0.849.